The summed E-state index contributed by atoms with van der Waals surface area (Å²) in [5.74, 6) is -0.826. The molecule has 0 aromatic rings. The second-order valence-electron chi connectivity index (χ2n) is 5.17. The molecule has 0 aromatic carbocycles. The number of carbonyl (C=O) groups excluding carboxylic acids is 1. The molecule has 0 atom stereocenters. The molecule has 5 nitrogen and oxygen atoms in total. The number of nitrogens with one attached hydrogen (secondary N) is 2. The zero-order valence-electron chi connectivity index (χ0n) is 11.1. The largest absolute Gasteiger partial charge is 0.481 e. The molecule has 3 N–H and O–H groups in total. The summed E-state index contributed by atoms with van der Waals surface area (Å²) in [6.07, 6.45) is 6.59. The molecule has 1 aliphatic carbocycles. The number of amides is 2. The molecule has 0 heterocycles. The fourth-order valence-corrected chi connectivity index (χ4v) is 2.55. The number of hydrogen-bond donors (Lipinski definition) is 3. The van der Waals surface area contributed by atoms with Crippen molar-refractivity contribution in [2.24, 2.45) is 5.41 Å². The van der Waals surface area contributed by atoms with Gasteiger partial charge in [0, 0.05) is 19.5 Å². The molecule has 104 valence electrons. The van der Waals surface area contributed by atoms with Crippen molar-refractivity contribution in [3.8, 4) is 0 Å². The first-order valence-corrected chi connectivity index (χ1v) is 6.81. The van der Waals surface area contributed by atoms with E-state index in [2.05, 4.69) is 17.6 Å². The van der Waals surface area contributed by atoms with Gasteiger partial charge in [-0.05, 0) is 31.1 Å². The van der Waals surface area contributed by atoms with Crippen molar-refractivity contribution < 1.29 is 14.7 Å². The van der Waals surface area contributed by atoms with Crippen LogP contribution in [0, 0.1) is 5.41 Å². The molecular formula is C13H24N2O3. The topological polar surface area (TPSA) is 78.4 Å². The first kappa shape index (κ1) is 14.8. The van der Waals surface area contributed by atoms with Crippen molar-refractivity contribution in [2.45, 2.75) is 51.9 Å². The molecule has 1 aliphatic rings. The van der Waals surface area contributed by atoms with Crippen LogP contribution in [0.3, 0.4) is 0 Å². The van der Waals surface area contributed by atoms with Gasteiger partial charge in [0.15, 0.2) is 0 Å². The van der Waals surface area contributed by atoms with Crippen LogP contribution in [0.2, 0.25) is 0 Å². The maximum absolute atomic E-state index is 11.5. The SMILES string of the molecule is CCC1(CNC(=O)NCCCC(=O)O)CCCC1. The highest BCUT2D eigenvalue weighted by Crippen LogP contribution is 2.40. The van der Waals surface area contributed by atoms with Crippen LogP contribution in [-0.2, 0) is 4.79 Å². The molecule has 0 radical (unpaired) electrons. The average Bonchev–Trinajstić information content (AvgIpc) is 2.81. The van der Waals surface area contributed by atoms with Crippen LogP contribution in [0.25, 0.3) is 0 Å². The second-order valence-corrected chi connectivity index (χ2v) is 5.17. The predicted octanol–water partition coefficient (Wildman–Crippen LogP) is 2.12. The van der Waals surface area contributed by atoms with Crippen LogP contribution in [0.1, 0.15) is 51.9 Å². The van der Waals surface area contributed by atoms with Crippen LogP contribution in [0.4, 0.5) is 4.79 Å². The van der Waals surface area contributed by atoms with Gasteiger partial charge in [-0.15, -0.1) is 0 Å². The maximum Gasteiger partial charge on any atom is 0.314 e. The van der Waals surface area contributed by atoms with E-state index in [1.807, 2.05) is 0 Å². The normalized spacial score (nSPS) is 17.4. The van der Waals surface area contributed by atoms with Gasteiger partial charge in [0.25, 0.3) is 0 Å². The van der Waals surface area contributed by atoms with Crippen molar-refractivity contribution in [1.82, 2.24) is 10.6 Å². The number of carboxylic acids is 1. The van der Waals surface area contributed by atoms with Gasteiger partial charge in [-0.1, -0.05) is 19.8 Å². The molecule has 0 spiro atoms. The van der Waals surface area contributed by atoms with Crippen molar-refractivity contribution in [2.75, 3.05) is 13.1 Å². The lowest BCUT2D eigenvalue weighted by Crippen LogP contribution is -2.42. The fourth-order valence-electron chi connectivity index (χ4n) is 2.55. The Morgan fingerprint density at radius 2 is 1.89 bits per heavy atom. The van der Waals surface area contributed by atoms with E-state index in [1.54, 1.807) is 0 Å². The Kier molecular flexibility index (Phi) is 5.95. The zero-order valence-corrected chi connectivity index (χ0v) is 11.1. The first-order chi connectivity index (χ1) is 8.58. The van der Waals surface area contributed by atoms with E-state index < -0.39 is 5.97 Å². The highest BCUT2D eigenvalue weighted by molar-refractivity contribution is 5.74. The Labute approximate surface area is 108 Å². The van der Waals surface area contributed by atoms with Crippen molar-refractivity contribution >= 4 is 12.0 Å². The molecule has 2 amide bonds. The van der Waals surface area contributed by atoms with Crippen LogP contribution >= 0.6 is 0 Å². The minimum atomic E-state index is -0.826. The highest BCUT2D eigenvalue weighted by Gasteiger charge is 2.32. The minimum absolute atomic E-state index is 0.0964. The number of hydrogen-bond acceptors (Lipinski definition) is 2. The van der Waals surface area contributed by atoms with E-state index in [0.717, 1.165) is 13.0 Å². The number of carboxylic acid groups (broad SMARTS) is 1. The van der Waals surface area contributed by atoms with Gasteiger partial charge in [-0.3, -0.25) is 4.79 Å². The van der Waals surface area contributed by atoms with Gasteiger partial charge in [0.05, 0.1) is 0 Å². The van der Waals surface area contributed by atoms with Gasteiger partial charge in [-0.25, -0.2) is 4.79 Å². The molecule has 0 aromatic heterocycles. The van der Waals surface area contributed by atoms with E-state index in [4.69, 9.17) is 5.11 Å². The molecule has 0 bridgehead atoms. The average molecular weight is 256 g/mol. The van der Waals surface area contributed by atoms with Gasteiger partial charge in [0.1, 0.15) is 0 Å². The number of carbonyl (C=O) groups is 2. The standard InChI is InChI=1S/C13H24N2O3/c1-2-13(7-3-4-8-13)10-15-12(18)14-9-5-6-11(16)17/h2-10H2,1H3,(H,16,17)(H2,14,15,18). The summed E-state index contributed by atoms with van der Waals surface area (Å²) < 4.78 is 0. The van der Waals surface area contributed by atoms with E-state index in [0.29, 0.717) is 18.4 Å². The van der Waals surface area contributed by atoms with E-state index >= 15 is 0 Å². The summed E-state index contributed by atoms with van der Waals surface area (Å²) in [6.45, 7) is 3.32. The summed E-state index contributed by atoms with van der Waals surface area (Å²) in [7, 11) is 0. The van der Waals surface area contributed by atoms with Crippen LogP contribution in [-0.4, -0.2) is 30.2 Å². The smallest absolute Gasteiger partial charge is 0.314 e. The predicted molar refractivity (Wildman–Crippen MR) is 69.5 cm³/mol. The Hall–Kier alpha value is -1.26. The zero-order chi connectivity index (χ0) is 13.4. The Balaban J connectivity index is 2.14. The summed E-state index contributed by atoms with van der Waals surface area (Å²) in [6, 6.07) is -0.180. The maximum atomic E-state index is 11.5. The summed E-state index contributed by atoms with van der Waals surface area (Å²) in [5.41, 5.74) is 0.290. The molecule has 1 saturated carbocycles. The van der Waals surface area contributed by atoms with E-state index in [-0.39, 0.29) is 12.5 Å². The lowest BCUT2D eigenvalue weighted by atomic mass is 9.83. The fraction of sp³-hybridized carbons (Fsp3) is 0.846. The second kappa shape index (κ2) is 7.24. The molecule has 1 fully saturated rings. The number of rotatable bonds is 7. The highest BCUT2D eigenvalue weighted by atomic mass is 16.4. The Morgan fingerprint density at radius 3 is 2.44 bits per heavy atom. The van der Waals surface area contributed by atoms with E-state index in [1.165, 1.54) is 25.7 Å². The molecule has 0 aliphatic heterocycles. The van der Waals surface area contributed by atoms with Gasteiger partial charge >= 0.3 is 12.0 Å². The molecule has 0 unspecified atom stereocenters. The van der Waals surface area contributed by atoms with E-state index in [9.17, 15) is 9.59 Å². The third kappa shape index (κ3) is 4.94. The molecule has 1 rings (SSSR count). The molecule has 0 saturated heterocycles. The van der Waals surface area contributed by atoms with Crippen LogP contribution < -0.4 is 10.6 Å². The van der Waals surface area contributed by atoms with Gasteiger partial charge < -0.3 is 15.7 Å². The lowest BCUT2D eigenvalue weighted by Gasteiger charge is -2.27. The third-order valence-corrected chi connectivity index (χ3v) is 3.89. The molecule has 18 heavy (non-hydrogen) atoms. The Morgan fingerprint density at radius 1 is 1.22 bits per heavy atom. The number of urea groups is 1. The van der Waals surface area contributed by atoms with Crippen molar-refractivity contribution in [3.63, 3.8) is 0 Å². The van der Waals surface area contributed by atoms with Gasteiger partial charge in [0.2, 0.25) is 0 Å². The molecular weight excluding hydrogens is 232 g/mol. The quantitative estimate of drug-likeness (QED) is 0.610. The van der Waals surface area contributed by atoms with Crippen molar-refractivity contribution in [1.29, 1.82) is 0 Å². The van der Waals surface area contributed by atoms with Gasteiger partial charge in [-0.2, -0.15) is 0 Å². The van der Waals surface area contributed by atoms with Crippen LogP contribution in [0.5, 0.6) is 0 Å². The van der Waals surface area contributed by atoms with Crippen LogP contribution in [0.15, 0.2) is 0 Å². The summed E-state index contributed by atoms with van der Waals surface area (Å²) in [5, 5.41) is 14.1. The lowest BCUT2D eigenvalue weighted by molar-refractivity contribution is -0.137. The molecule has 5 heteroatoms. The minimum Gasteiger partial charge on any atom is -0.481 e. The first-order valence-electron chi connectivity index (χ1n) is 6.81. The van der Waals surface area contributed by atoms with Crippen molar-refractivity contribution in [3.05, 3.63) is 0 Å². The monoisotopic (exact) mass is 256 g/mol. The summed E-state index contributed by atoms with van der Waals surface area (Å²) in [4.78, 5) is 21.8. The summed E-state index contributed by atoms with van der Waals surface area (Å²) >= 11 is 0. The number of aliphatic carboxylic acids is 1. The third-order valence-electron chi connectivity index (χ3n) is 3.89. The Bertz CT molecular complexity index is 286.